The van der Waals surface area contributed by atoms with Crippen LogP contribution in [0.1, 0.15) is 19.8 Å². The number of rotatable bonds is 3. The molecule has 3 heteroatoms. The van der Waals surface area contributed by atoms with Crippen LogP contribution in [-0.2, 0) is 4.79 Å². The van der Waals surface area contributed by atoms with Crippen LogP contribution in [0.4, 0.5) is 0 Å². The van der Waals surface area contributed by atoms with Gasteiger partial charge in [-0.2, -0.15) is 12.6 Å². The number of nitrogens with one attached hydrogen (secondary N) is 1. The highest BCUT2D eigenvalue weighted by atomic mass is 32.1. The monoisotopic (exact) mass is 159 g/mol. The SMILES string of the molecule is CC(S)C(=O)NCC1CC1. The van der Waals surface area contributed by atoms with Crippen molar-refractivity contribution in [2.75, 3.05) is 6.54 Å². The molecule has 0 radical (unpaired) electrons. The molecule has 0 heterocycles. The van der Waals surface area contributed by atoms with Gasteiger partial charge < -0.3 is 5.32 Å². The van der Waals surface area contributed by atoms with Gasteiger partial charge in [0, 0.05) is 6.54 Å². The van der Waals surface area contributed by atoms with E-state index in [1.807, 2.05) is 0 Å². The molecule has 1 amide bonds. The van der Waals surface area contributed by atoms with Gasteiger partial charge in [0.15, 0.2) is 0 Å². The van der Waals surface area contributed by atoms with E-state index in [0.29, 0.717) is 0 Å². The number of carbonyl (C=O) groups is 1. The minimum absolute atomic E-state index is 0.0511. The van der Waals surface area contributed by atoms with E-state index in [2.05, 4.69) is 17.9 Å². The topological polar surface area (TPSA) is 29.1 Å². The number of hydrogen-bond donors (Lipinski definition) is 2. The molecule has 1 fully saturated rings. The Bertz CT molecular complexity index is 132. The predicted molar refractivity (Wildman–Crippen MR) is 44.2 cm³/mol. The van der Waals surface area contributed by atoms with Crippen LogP contribution < -0.4 is 5.32 Å². The van der Waals surface area contributed by atoms with Crippen molar-refractivity contribution < 1.29 is 4.79 Å². The third kappa shape index (κ3) is 2.60. The zero-order valence-corrected chi connectivity index (χ0v) is 7.03. The summed E-state index contributed by atoms with van der Waals surface area (Å²) in [7, 11) is 0. The van der Waals surface area contributed by atoms with Gasteiger partial charge in [-0.25, -0.2) is 0 Å². The average molecular weight is 159 g/mol. The van der Waals surface area contributed by atoms with Crippen molar-refractivity contribution in [2.45, 2.75) is 25.0 Å². The Kier molecular flexibility index (Phi) is 2.60. The van der Waals surface area contributed by atoms with Gasteiger partial charge in [0.25, 0.3) is 0 Å². The summed E-state index contributed by atoms with van der Waals surface area (Å²) in [6, 6.07) is 0. The van der Waals surface area contributed by atoms with Crippen molar-refractivity contribution in [1.29, 1.82) is 0 Å². The van der Waals surface area contributed by atoms with Crippen LogP contribution in [0.15, 0.2) is 0 Å². The van der Waals surface area contributed by atoms with E-state index < -0.39 is 0 Å². The maximum absolute atomic E-state index is 10.9. The van der Waals surface area contributed by atoms with E-state index in [1.165, 1.54) is 12.8 Å². The van der Waals surface area contributed by atoms with Crippen LogP contribution in [0.25, 0.3) is 0 Å². The third-order valence-electron chi connectivity index (χ3n) is 1.64. The number of thiol groups is 1. The molecule has 0 aromatic heterocycles. The van der Waals surface area contributed by atoms with E-state index in [9.17, 15) is 4.79 Å². The lowest BCUT2D eigenvalue weighted by atomic mass is 10.4. The highest BCUT2D eigenvalue weighted by molar-refractivity contribution is 7.81. The first kappa shape index (κ1) is 7.92. The van der Waals surface area contributed by atoms with Gasteiger partial charge in [-0.15, -0.1) is 0 Å². The van der Waals surface area contributed by atoms with E-state index in [4.69, 9.17) is 0 Å². The number of hydrogen-bond acceptors (Lipinski definition) is 2. The summed E-state index contributed by atoms with van der Waals surface area (Å²) in [4.78, 5) is 10.9. The lowest BCUT2D eigenvalue weighted by Gasteiger charge is -2.04. The molecule has 0 spiro atoms. The predicted octanol–water partition coefficient (Wildman–Crippen LogP) is 0.831. The summed E-state index contributed by atoms with van der Waals surface area (Å²) >= 11 is 4.00. The second-order valence-corrected chi connectivity index (χ2v) is 3.64. The Morgan fingerprint density at radius 1 is 1.80 bits per heavy atom. The quantitative estimate of drug-likeness (QED) is 0.587. The Morgan fingerprint density at radius 3 is 2.80 bits per heavy atom. The molecule has 10 heavy (non-hydrogen) atoms. The Hall–Kier alpha value is -0.180. The fourth-order valence-corrected chi connectivity index (χ4v) is 0.806. The second kappa shape index (κ2) is 3.28. The van der Waals surface area contributed by atoms with E-state index in [-0.39, 0.29) is 11.2 Å². The minimum Gasteiger partial charge on any atom is -0.355 e. The first-order chi connectivity index (χ1) is 4.70. The zero-order valence-electron chi connectivity index (χ0n) is 6.13. The normalized spacial score (nSPS) is 20.2. The van der Waals surface area contributed by atoms with Crippen LogP contribution in [-0.4, -0.2) is 17.7 Å². The van der Waals surface area contributed by atoms with Crippen molar-refractivity contribution >= 4 is 18.5 Å². The van der Waals surface area contributed by atoms with Gasteiger partial charge >= 0.3 is 0 Å². The maximum Gasteiger partial charge on any atom is 0.232 e. The number of carbonyl (C=O) groups excluding carboxylic acids is 1. The van der Waals surface area contributed by atoms with E-state index in [0.717, 1.165) is 12.5 Å². The highest BCUT2D eigenvalue weighted by Gasteiger charge is 2.21. The number of amides is 1. The second-order valence-electron chi connectivity index (χ2n) is 2.86. The van der Waals surface area contributed by atoms with Gasteiger partial charge in [-0.1, -0.05) is 0 Å². The molecule has 2 nitrogen and oxygen atoms in total. The van der Waals surface area contributed by atoms with Crippen molar-refractivity contribution in [2.24, 2.45) is 5.92 Å². The van der Waals surface area contributed by atoms with Gasteiger partial charge in [-0.05, 0) is 25.7 Å². The molecule has 1 atom stereocenters. The molecule has 58 valence electrons. The summed E-state index contributed by atoms with van der Waals surface area (Å²) in [6.45, 7) is 2.63. The molecule has 0 bridgehead atoms. The molecule has 0 aromatic rings. The van der Waals surface area contributed by atoms with E-state index in [1.54, 1.807) is 6.92 Å². The first-order valence-electron chi connectivity index (χ1n) is 3.66. The smallest absolute Gasteiger partial charge is 0.232 e. The van der Waals surface area contributed by atoms with Gasteiger partial charge in [-0.3, -0.25) is 4.79 Å². The molecular weight excluding hydrogens is 146 g/mol. The fraction of sp³-hybridized carbons (Fsp3) is 0.857. The van der Waals surface area contributed by atoms with Gasteiger partial charge in [0.2, 0.25) is 5.91 Å². The first-order valence-corrected chi connectivity index (χ1v) is 4.17. The Labute approximate surface area is 66.8 Å². The van der Waals surface area contributed by atoms with Crippen molar-refractivity contribution in [3.05, 3.63) is 0 Å². The molecule has 0 aliphatic heterocycles. The molecule has 1 aliphatic rings. The summed E-state index contributed by atoms with van der Waals surface area (Å²) < 4.78 is 0. The molecule has 0 aromatic carbocycles. The average Bonchev–Trinajstić information content (AvgIpc) is 2.64. The largest absolute Gasteiger partial charge is 0.355 e. The lowest BCUT2D eigenvalue weighted by Crippen LogP contribution is -2.31. The molecule has 1 saturated carbocycles. The molecule has 1 aliphatic carbocycles. The maximum atomic E-state index is 10.9. The summed E-state index contributed by atoms with van der Waals surface area (Å²) in [5.74, 6) is 0.811. The Balaban J connectivity index is 2.05. The molecule has 1 unspecified atom stereocenters. The minimum atomic E-state index is -0.168. The van der Waals surface area contributed by atoms with Crippen LogP contribution in [0.3, 0.4) is 0 Å². The van der Waals surface area contributed by atoms with Crippen LogP contribution in [0, 0.1) is 5.92 Å². The summed E-state index contributed by atoms with van der Waals surface area (Å²) in [6.07, 6.45) is 2.56. The molecule has 1 N–H and O–H groups in total. The van der Waals surface area contributed by atoms with Crippen molar-refractivity contribution in [3.63, 3.8) is 0 Å². The fourth-order valence-electron chi connectivity index (χ4n) is 0.715. The van der Waals surface area contributed by atoms with E-state index >= 15 is 0 Å². The van der Waals surface area contributed by atoms with Crippen molar-refractivity contribution in [1.82, 2.24) is 5.32 Å². The van der Waals surface area contributed by atoms with Crippen LogP contribution in [0.5, 0.6) is 0 Å². The third-order valence-corrected chi connectivity index (χ3v) is 1.88. The van der Waals surface area contributed by atoms with Crippen molar-refractivity contribution in [3.8, 4) is 0 Å². The van der Waals surface area contributed by atoms with Crippen LogP contribution in [0.2, 0.25) is 0 Å². The molecule has 0 saturated heterocycles. The Morgan fingerprint density at radius 2 is 2.40 bits per heavy atom. The molecular formula is C7H13NOS. The highest BCUT2D eigenvalue weighted by Crippen LogP contribution is 2.27. The standard InChI is InChI=1S/C7H13NOS/c1-5(10)7(9)8-4-6-2-3-6/h5-6,10H,2-4H2,1H3,(H,8,9). The zero-order chi connectivity index (χ0) is 7.56. The van der Waals surface area contributed by atoms with Gasteiger partial charge in [0.05, 0.1) is 5.25 Å². The van der Waals surface area contributed by atoms with Gasteiger partial charge in [0.1, 0.15) is 0 Å². The van der Waals surface area contributed by atoms with Crippen LogP contribution >= 0.6 is 12.6 Å². The summed E-state index contributed by atoms with van der Waals surface area (Å²) in [5, 5.41) is 2.66. The lowest BCUT2D eigenvalue weighted by molar-refractivity contribution is -0.120. The summed E-state index contributed by atoms with van der Waals surface area (Å²) in [5.41, 5.74) is 0. The molecule has 1 rings (SSSR count).